The lowest BCUT2D eigenvalue weighted by Crippen LogP contribution is -2.74. The monoisotopic (exact) mass is 839 g/mol. The molecular formula is C62H53NSi. The first-order chi connectivity index (χ1) is 31.8. The lowest BCUT2D eigenvalue weighted by molar-refractivity contribution is 0.661. The van der Waals surface area contributed by atoms with Crippen molar-refractivity contribution in [2.75, 3.05) is 4.90 Å². The van der Waals surface area contributed by atoms with Gasteiger partial charge in [-0.05, 0) is 152 Å². The molecule has 0 aliphatic heterocycles. The van der Waals surface area contributed by atoms with E-state index in [0.717, 1.165) is 25.7 Å². The molecule has 0 aromatic heterocycles. The largest absolute Gasteiger partial charge is 0.310 e. The fourth-order valence-electron chi connectivity index (χ4n) is 11.1. The Hall–Kier alpha value is -7.00. The zero-order valence-electron chi connectivity index (χ0n) is 36.5. The molecule has 0 spiro atoms. The molecule has 0 saturated heterocycles. The Morgan fingerprint density at radius 1 is 0.266 bits per heavy atom. The molecule has 2 heteroatoms. The van der Waals surface area contributed by atoms with Gasteiger partial charge in [0, 0.05) is 11.4 Å². The van der Waals surface area contributed by atoms with Crippen molar-refractivity contribution in [2.24, 2.45) is 0 Å². The van der Waals surface area contributed by atoms with Crippen molar-refractivity contribution < 1.29 is 0 Å². The molecule has 0 fully saturated rings. The smallest absolute Gasteiger partial charge is 0.179 e. The Balaban J connectivity index is 1.09. The quantitative estimate of drug-likeness (QED) is 0.0979. The highest BCUT2D eigenvalue weighted by Gasteiger charge is 2.41. The Bertz CT molecular complexity index is 2770. The van der Waals surface area contributed by atoms with Crippen LogP contribution in [0, 0.1) is 0 Å². The van der Waals surface area contributed by atoms with E-state index in [1.165, 1.54) is 96.9 Å². The molecule has 2 aliphatic rings. The molecule has 0 heterocycles. The summed E-state index contributed by atoms with van der Waals surface area (Å²) in [6.45, 7) is 0. The van der Waals surface area contributed by atoms with Gasteiger partial charge in [0.2, 0.25) is 0 Å². The summed E-state index contributed by atoms with van der Waals surface area (Å²) in [4.78, 5) is 2.63. The summed E-state index contributed by atoms with van der Waals surface area (Å²) in [6, 6.07) is 84.1. The maximum atomic E-state index is 2.63. The summed E-state index contributed by atoms with van der Waals surface area (Å²) >= 11 is 0. The first-order valence-electron chi connectivity index (χ1n) is 23.4. The molecule has 1 nitrogen and oxygen atoms in total. The summed E-state index contributed by atoms with van der Waals surface area (Å²) < 4.78 is 0. The fraction of sp³-hybridized carbons (Fsp3) is 0.129. The lowest BCUT2D eigenvalue weighted by atomic mass is 9.75. The average molecular weight is 840 g/mol. The van der Waals surface area contributed by atoms with Crippen molar-refractivity contribution in [3.8, 4) is 33.4 Å². The van der Waals surface area contributed by atoms with Gasteiger partial charge < -0.3 is 4.90 Å². The molecule has 0 bridgehead atoms. The number of hydrogen-bond donors (Lipinski definition) is 0. The van der Waals surface area contributed by atoms with Crippen LogP contribution < -0.4 is 25.6 Å². The SMILES string of the molecule is c1ccc(-c2ccc(N(c3ccc(-c4ccccc4)cc3)c3c4c(c(-c5ccc([Si](c6ccccc6)(c6ccccc6)c6ccccc6)cc5)c5c3CCCC5)CCCC4)cc2)cc1. The topological polar surface area (TPSA) is 3.24 Å². The van der Waals surface area contributed by atoms with Crippen LogP contribution in [0.15, 0.2) is 224 Å². The first kappa shape index (κ1) is 39.8. The fourth-order valence-corrected chi connectivity index (χ4v) is 15.8. The van der Waals surface area contributed by atoms with Crippen molar-refractivity contribution in [1.29, 1.82) is 0 Å². The summed E-state index contributed by atoms with van der Waals surface area (Å²) in [6.07, 6.45) is 9.27. The summed E-state index contributed by atoms with van der Waals surface area (Å²) in [7, 11) is -2.64. The van der Waals surface area contributed by atoms with Gasteiger partial charge in [0.05, 0.1) is 5.69 Å². The van der Waals surface area contributed by atoms with Crippen LogP contribution in [0.4, 0.5) is 17.1 Å². The molecular weight excluding hydrogens is 787 g/mol. The zero-order chi connectivity index (χ0) is 42.7. The normalized spacial score (nSPS) is 13.4. The van der Waals surface area contributed by atoms with Gasteiger partial charge in [0.25, 0.3) is 0 Å². The van der Waals surface area contributed by atoms with Crippen LogP contribution in [0.3, 0.4) is 0 Å². The van der Waals surface area contributed by atoms with Gasteiger partial charge in [0.1, 0.15) is 0 Å². The Kier molecular flexibility index (Phi) is 11.0. The Morgan fingerprint density at radius 2 is 0.562 bits per heavy atom. The van der Waals surface area contributed by atoms with Crippen LogP contribution in [0.2, 0.25) is 0 Å². The van der Waals surface area contributed by atoms with E-state index in [-0.39, 0.29) is 0 Å². The van der Waals surface area contributed by atoms with Crippen LogP contribution in [0.1, 0.15) is 47.9 Å². The van der Waals surface area contributed by atoms with Crippen LogP contribution in [0.5, 0.6) is 0 Å². The molecule has 0 radical (unpaired) electrons. The van der Waals surface area contributed by atoms with E-state index >= 15 is 0 Å². The molecule has 0 unspecified atom stereocenters. The number of benzene rings is 9. The molecule has 64 heavy (non-hydrogen) atoms. The summed E-state index contributed by atoms with van der Waals surface area (Å²) in [5.41, 5.74) is 18.0. The molecule has 9 aromatic rings. The Labute approximate surface area is 380 Å². The van der Waals surface area contributed by atoms with Gasteiger partial charge in [-0.25, -0.2) is 0 Å². The second kappa shape index (κ2) is 17.6. The van der Waals surface area contributed by atoms with E-state index in [0.29, 0.717) is 0 Å². The predicted molar refractivity (Wildman–Crippen MR) is 274 cm³/mol. The number of rotatable bonds is 10. The van der Waals surface area contributed by atoms with Gasteiger partial charge in [-0.1, -0.05) is 200 Å². The van der Waals surface area contributed by atoms with Crippen molar-refractivity contribution in [1.82, 2.24) is 0 Å². The third-order valence-corrected chi connectivity index (χ3v) is 18.8. The maximum absolute atomic E-state index is 2.64. The molecule has 2 aliphatic carbocycles. The second-order valence-electron chi connectivity index (χ2n) is 17.6. The average Bonchev–Trinajstić information content (AvgIpc) is 3.39. The van der Waals surface area contributed by atoms with Gasteiger partial charge >= 0.3 is 0 Å². The Morgan fingerprint density at radius 3 is 0.938 bits per heavy atom. The minimum Gasteiger partial charge on any atom is -0.310 e. The molecule has 0 amide bonds. The van der Waals surface area contributed by atoms with E-state index in [4.69, 9.17) is 0 Å². The number of anilines is 3. The van der Waals surface area contributed by atoms with E-state index < -0.39 is 8.07 Å². The zero-order valence-corrected chi connectivity index (χ0v) is 37.5. The van der Waals surface area contributed by atoms with Crippen molar-refractivity contribution >= 4 is 45.9 Å². The minimum absolute atomic E-state index is 1.09. The lowest BCUT2D eigenvalue weighted by Gasteiger charge is -2.37. The van der Waals surface area contributed by atoms with Crippen LogP contribution in [-0.4, -0.2) is 8.07 Å². The van der Waals surface area contributed by atoms with Crippen LogP contribution >= 0.6 is 0 Å². The molecule has 11 rings (SSSR count). The minimum atomic E-state index is -2.64. The standard InChI is InChI=1S/C62H53NSi/c1-6-20-46(21-7-1)48-34-40-51(41-35-48)63(52-42-36-49(37-43-52)47-22-8-2-9-23-47)62-59-32-18-16-30-57(59)61(58-31-17-19-33-60(58)62)50-38-44-56(45-39-50)64(53-24-10-3-11-25-53,54-26-12-4-13-27-54)55-28-14-5-15-29-55/h1-15,20-29,34-45H,16-19,30-33H2. The van der Waals surface area contributed by atoms with Gasteiger partial charge in [-0.2, -0.15) is 0 Å². The van der Waals surface area contributed by atoms with E-state index in [9.17, 15) is 0 Å². The third kappa shape index (κ3) is 7.22. The van der Waals surface area contributed by atoms with Gasteiger partial charge in [0.15, 0.2) is 8.07 Å². The first-order valence-corrected chi connectivity index (χ1v) is 25.4. The highest BCUT2D eigenvalue weighted by atomic mass is 28.3. The van der Waals surface area contributed by atoms with Gasteiger partial charge in [-0.15, -0.1) is 0 Å². The molecule has 0 atom stereocenters. The number of nitrogens with zero attached hydrogens (tertiary/aromatic N) is 1. The van der Waals surface area contributed by atoms with Crippen molar-refractivity contribution in [3.05, 3.63) is 247 Å². The molecule has 9 aromatic carbocycles. The molecule has 0 N–H and O–H groups in total. The van der Waals surface area contributed by atoms with Crippen molar-refractivity contribution in [2.45, 2.75) is 51.4 Å². The van der Waals surface area contributed by atoms with Crippen LogP contribution in [0.25, 0.3) is 33.4 Å². The maximum Gasteiger partial charge on any atom is 0.179 e. The van der Waals surface area contributed by atoms with E-state index in [2.05, 4.69) is 229 Å². The summed E-state index contributed by atoms with van der Waals surface area (Å²) in [5.74, 6) is 0. The summed E-state index contributed by atoms with van der Waals surface area (Å²) in [5, 5.41) is 5.65. The number of fused-ring (bicyclic) bond motifs is 2. The van der Waals surface area contributed by atoms with Crippen molar-refractivity contribution in [3.63, 3.8) is 0 Å². The number of hydrogen-bond acceptors (Lipinski definition) is 1. The highest BCUT2D eigenvalue weighted by molar-refractivity contribution is 7.19. The third-order valence-electron chi connectivity index (χ3n) is 14.0. The van der Waals surface area contributed by atoms with Crippen LogP contribution in [-0.2, 0) is 25.7 Å². The van der Waals surface area contributed by atoms with Gasteiger partial charge in [-0.3, -0.25) is 0 Å². The second-order valence-corrected chi connectivity index (χ2v) is 21.4. The van der Waals surface area contributed by atoms with E-state index in [1.54, 1.807) is 22.3 Å². The molecule has 0 saturated carbocycles. The highest BCUT2D eigenvalue weighted by Crippen LogP contribution is 2.50. The van der Waals surface area contributed by atoms with E-state index in [1.807, 2.05) is 0 Å². The predicted octanol–water partition coefficient (Wildman–Crippen LogP) is 13.3. The molecule has 310 valence electrons.